The van der Waals surface area contributed by atoms with Gasteiger partial charge in [0.15, 0.2) is 11.2 Å². The van der Waals surface area contributed by atoms with Gasteiger partial charge in [0.25, 0.3) is 5.56 Å². The normalized spacial score (nSPS) is 13.5. The fraction of sp³-hybridized carbons (Fsp3) is 0.500. The molecule has 0 spiro atoms. The molecule has 4 N–H and O–H groups in total. The second-order valence-electron chi connectivity index (χ2n) is 5.28. The summed E-state index contributed by atoms with van der Waals surface area (Å²) >= 11 is 0. The SMILES string of the molecule is CC(C(=O)O)N(CCn1cnc2c(=O)[nH]cnc21)CCP(=O)(O)O. The Labute approximate surface area is 136 Å². The molecule has 1 atom stereocenters. The molecule has 2 rings (SSSR count). The van der Waals surface area contributed by atoms with Crippen LogP contribution in [-0.2, 0) is 15.9 Å². The van der Waals surface area contributed by atoms with Gasteiger partial charge in [-0.05, 0) is 6.92 Å². The van der Waals surface area contributed by atoms with Crippen LogP contribution in [0.15, 0.2) is 17.4 Å². The summed E-state index contributed by atoms with van der Waals surface area (Å²) in [5.74, 6) is -1.09. The Morgan fingerprint density at radius 2 is 2.12 bits per heavy atom. The summed E-state index contributed by atoms with van der Waals surface area (Å²) in [7, 11) is -4.23. The maximum Gasteiger partial charge on any atom is 0.326 e. The van der Waals surface area contributed by atoms with Gasteiger partial charge < -0.3 is 24.4 Å². The summed E-state index contributed by atoms with van der Waals surface area (Å²) in [6.07, 6.45) is 2.22. The van der Waals surface area contributed by atoms with E-state index in [2.05, 4.69) is 15.0 Å². The molecule has 0 radical (unpaired) electrons. The molecule has 11 nitrogen and oxygen atoms in total. The lowest BCUT2D eigenvalue weighted by atomic mass is 10.3. The lowest BCUT2D eigenvalue weighted by molar-refractivity contribution is -0.142. The van der Waals surface area contributed by atoms with Crippen LogP contribution >= 0.6 is 7.60 Å². The lowest BCUT2D eigenvalue weighted by Gasteiger charge is -2.26. The van der Waals surface area contributed by atoms with Crippen LogP contribution in [0, 0.1) is 0 Å². The number of carbonyl (C=O) groups is 1. The average Bonchev–Trinajstić information content (AvgIpc) is 2.90. The third-order valence-corrected chi connectivity index (χ3v) is 4.40. The zero-order chi connectivity index (χ0) is 17.9. The Bertz CT molecular complexity index is 827. The van der Waals surface area contributed by atoms with Crippen molar-refractivity contribution in [2.75, 3.05) is 19.3 Å². The van der Waals surface area contributed by atoms with Crippen molar-refractivity contribution in [1.82, 2.24) is 24.4 Å². The second-order valence-corrected chi connectivity index (χ2v) is 7.06. The number of rotatable bonds is 8. The summed E-state index contributed by atoms with van der Waals surface area (Å²) in [6, 6.07) is -0.914. The molecule has 24 heavy (non-hydrogen) atoms. The van der Waals surface area contributed by atoms with Gasteiger partial charge in [-0.1, -0.05) is 0 Å². The maximum absolute atomic E-state index is 11.6. The van der Waals surface area contributed by atoms with Crippen molar-refractivity contribution in [1.29, 1.82) is 0 Å². The van der Waals surface area contributed by atoms with E-state index in [9.17, 15) is 14.2 Å². The van der Waals surface area contributed by atoms with E-state index >= 15 is 0 Å². The maximum atomic E-state index is 11.6. The molecule has 0 fully saturated rings. The molecule has 0 aliphatic carbocycles. The van der Waals surface area contributed by atoms with E-state index in [0.29, 0.717) is 5.65 Å². The van der Waals surface area contributed by atoms with Gasteiger partial charge in [0.1, 0.15) is 6.04 Å². The zero-order valence-corrected chi connectivity index (χ0v) is 13.8. The molecule has 0 amide bonds. The number of fused-ring (bicyclic) bond motifs is 1. The molecular weight excluding hydrogens is 341 g/mol. The number of aromatic amines is 1. The lowest BCUT2D eigenvalue weighted by Crippen LogP contribution is -2.42. The topological polar surface area (TPSA) is 162 Å². The highest BCUT2D eigenvalue weighted by molar-refractivity contribution is 7.51. The van der Waals surface area contributed by atoms with Gasteiger partial charge in [-0.2, -0.15) is 0 Å². The highest BCUT2D eigenvalue weighted by atomic mass is 31.2. The monoisotopic (exact) mass is 359 g/mol. The molecule has 2 aromatic heterocycles. The molecule has 0 saturated heterocycles. The molecule has 0 saturated carbocycles. The van der Waals surface area contributed by atoms with Crippen LogP contribution in [-0.4, -0.2) is 70.6 Å². The molecule has 1 unspecified atom stereocenters. The number of carboxylic acids is 1. The first kappa shape index (κ1) is 18.3. The van der Waals surface area contributed by atoms with Crippen molar-refractivity contribution in [2.45, 2.75) is 19.5 Å². The Morgan fingerprint density at radius 3 is 2.75 bits per heavy atom. The first-order valence-corrected chi connectivity index (χ1v) is 8.89. The Hall–Kier alpha value is -2.07. The minimum absolute atomic E-state index is 0.0710. The number of nitrogens with zero attached hydrogens (tertiary/aromatic N) is 4. The predicted octanol–water partition coefficient (Wildman–Crippen LogP) is -0.928. The summed E-state index contributed by atoms with van der Waals surface area (Å²) < 4.78 is 12.6. The van der Waals surface area contributed by atoms with E-state index < -0.39 is 25.8 Å². The van der Waals surface area contributed by atoms with E-state index in [1.54, 1.807) is 4.57 Å². The van der Waals surface area contributed by atoms with Gasteiger partial charge in [-0.15, -0.1) is 0 Å². The Morgan fingerprint density at radius 1 is 1.42 bits per heavy atom. The van der Waals surface area contributed by atoms with E-state index in [0.717, 1.165) is 0 Å². The molecular formula is C12H18N5O6P. The van der Waals surface area contributed by atoms with E-state index in [-0.39, 0.29) is 30.7 Å². The first-order valence-electron chi connectivity index (χ1n) is 7.09. The molecule has 0 bridgehead atoms. The molecule has 12 heteroatoms. The van der Waals surface area contributed by atoms with Crippen LogP contribution < -0.4 is 5.56 Å². The summed E-state index contributed by atoms with van der Waals surface area (Å²) in [6.45, 7) is 1.84. The van der Waals surface area contributed by atoms with E-state index in [4.69, 9.17) is 14.9 Å². The van der Waals surface area contributed by atoms with Crippen molar-refractivity contribution >= 4 is 24.7 Å². The number of hydrogen-bond donors (Lipinski definition) is 4. The third-order valence-electron chi connectivity index (χ3n) is 3.62. The van der Waals surface area contributed by atoms with Gasteiger partial charge in [0.05, 0.1) is 18.8 Å². The number of carboxylic acid groups (broad SMARTS) is 1. The zero-order valence-electron chi connectivity index (χ0n) is 12.9. The van der Waals surface area contributed by atoms with Crippen molar-refractivity contribution < 1.29 is 24.3 Å². The Kier molecular flexibility index (Phi) is 5.50. The van der Waals surface area contributed by atoms with Gasteiger partial charge in [0, 0.05) is 19.6 Å². The number of H-pyrrole nitrogens is 1. The fourth-order valence-corrected chi connectivity index (χ4v) is 2.72. The number of imidazole rings is 1. The van der Waals surface area contributed by atoms with Gasteiger partial charge in [-0.3, -0.25) is 19.1 Å². The minimum Gasteiger partial charge on any atom is -0.480 e. The third kappa shape index (κ3) is 4.48. The number of nitrogens with one attached hydrogen (secondary N) is 1. The van der Waals surface area contributed by atoms with Crippen molar-refractivity contribution in [3.8, 4) is 0 Å². The van der Waals surface area contributed by atoms with Gasteiger partial charge in [0.2, 0.25) is 0 Å². The van der Waals surface area contributed by atoms with Crippen LogP contribution in [0.2, 0.25) is 0 Å². The van der Waals surface area contributed by atoms with Crippen molar-refractivity contribution in [3.63, 3.8) is 0 Å². The van der Waals surface area contributed by atoms with Gasteiger partial charge in [-0.25, -0.2) is 9.97 Å². The standard InChI is InChI=1S/C12H18N5O6P/c1-8(12(19)20)16(4-5-24(21,22)23)2-3-17-7-15-9-10(17)13-6-14-11(9)18/h6-8H,2-5H2,1H3,(H,19,20)(H,13,14,18)(H2,21,22,23). The molecule has 0 aliphatic heterocycles. The highest BCUT2D eigenvalue weighted by Crippen LogP contribution is 2.33. The van der Waals surface area contributed by atoms with Crippen LogP contribution in [0.1, 0.15) is 6.92 Å². The summed E-state index contributed by atoms with van der Waals surface area (Å²) in [5.41, 5.74) is 0.151. The minimum atomic E-state index is -4.23. The van der Waals surface area contributed by atoms with Crippen LogP contribution in [0.25, 0.3) is 11.2 Å². The Balaban J connectivity index is 2.13. The molecule has 2 aromatic rings. The van der Waals surface area contributed by atoms with Crippen LogP contribution in [0.5, 0.6) is 0 Å². The number of aliphatic carboxylic acids is 1. The fourth-order valence-electron chi connectivity index (χ4n) is 2.21. The molecule has 2 heterocycles. The molecule has 0 aromatic carbocycles. The van der Waals surface area contributed by atoms with E-state index in [1.807, 2.05) is 0 Å². The smallest absolute Gasteiger partial charge is 0.326 e. The van der Waals surface area contributed by atoms with Crippen molar-refractivity contribution in [3.05, 3.63) is 23.0 Å². The quantitative estimate of drug-likeness (QED) is 0.436. The second kappa shape index (κ2) is 7.22. The van der Waals surface area contributed by atoms with Crippen molar-refractivity contribution in [2.24, 2.45) is 0 Å². The highest BCUT2D eigenvalue weighted by Gasteiger charge is 2.24. The number of hydrogen-bond acceptors (Lipinski definition) is 6. The van der Waals surface area contributed by atoms with Gasteiger partial charge >= 0.3 is 13.6 Å². The number of aromatic nitrogens is 4. The van der Waals surface area contributed by atoms with Crippen LogP contribution in [0.3, 0.4) is 0 Å². The average molecular weight is 359 g/mol. The molecule has 132 valence electrons. The summed E-state index contributed by atoms with van der Waals surface area (Å²) in [4.78, 5) is 52.6. The summed E-state index contributed by atoms with van der Waals surface area (Å²) in [5, 5.41) is 9.13. The first-order chi connectivity index (χ1) is 11.2. The predicted molar refractivity (Wildman–Crippen MR) is 83.7 cm³/mol. The largest absolute Gasteiger partial charge is 0.480 e. The van der Waals surface area contributed by atoms with E-state index in [1.165, 1.54) is 24.5 Å². The van der Waals surface area contributed by atoms with Crippen LogP contribution in [0.4, 0.5) is 0 Å². The molecule has 0 aliphatic rings.